The van der Waals surface area contributed by atoms with Gasteiger partial charge in [0.1, 0.15) is 5.75 Å². The zero-order chi connectivity index (χ0) is 20.1. The Bertz CT molecular complexity index is 928. The van der Waals surface area contributed by atoms with E-state index >= 15 is 0 Å². The summed E-state index contributed by atoms with van der Waals surface area (Å²) in [6.07, 6.45) is 1.41. The molecule has 2 aromatic rings. The third-order valence-corrected chi connectivity index (χ3v) is 7.21. The van der Waals surface area contributed by atoms with Crippen LogP contribution in [0.25, 0.3) is 0 Å². The molecule has 1 amide bonds. The molecule has 150 valence electrons. The van der Waals surface area contributed by atoms with Gasteiger partial charge in [0.15, 0.2) is 9.84 Å². The van der Waals surface area contributed by atoms with Gasteiger partial charge < -0.3 is 9.64 Å². The van der Waals surface area contributed by atoms with Crippen LogP contribution < -0.4 is 4.74 Å². The quantitative estimate of drug-likeness (QED) is 0.617. The van der Waals surface area contributed by atoms with Gasteiger partial charge >= 0.3 is 0 Å². The normalized spacial score (nSPS) is 18.0. The largest absolute Gasteiger partial charge is 0.494 e. The van der Waals surface area contributed by atoms with E-state index in [4.69, 9.17) is 4.74 Å². The second-order valence-corrected chi connectivity index (χ2v) is 10.0. The molecule has 0 aliphatic carbocycles. The fourth-order valence-electron chi connectivity index (χ4n) is 3.28. The Kier molecular flexibility index (Phi) is 6.78. The lowest BCUT2D eigenvalue weighted by Crippen LogP contribution is -2.40. The number of halogens is 1. The molecule has 1 heterocycles. The van der Waals surface area contributed by atoms with E-state index < -0.39 is 9.84 Å². The van der Waals surface area contributed by atoms with Crippen LogP contribution in [0.4, 0.5) is 0 Å². The van der Waals surface area contributed by atoms with Crippen molar-refractivity contribution in [3.05, 3.63) is 64.1 Å². The van der Waals surface area contributed by atoms with Crippen LogP contribution in [0.5, 0.6) is 5.75 Å². The molecule has 0 bridgehead atoms. The lowest BCUT2D eigenvalue weighted by Gasteiger charge is -2.29. The van der Waals surface area contributed by atoms with E-state index in [1.54, 1.807) is 17.0 Å². The van der Waals surface area contributed by atoms with E-state index in [-0.39, 0.29) is 23.5 Å². The summed E-state index contributed by atoms with van der Waals surface area (Å²) in [6.45, 7) is 3.07. The molecule has 1 aliphatic rings. The second-order valence-electron chi connectivity index (χ2n) is 6.96. The van der Waals surface area contributed by atoms with Crippen LogP contribution in [0.3, 0.4) is 0 Å². The number of hydrogen-bond acceptors (Lipinski definition) is 4. The molecule has 2 aromatic carbocycles. The predicted octanol–water partition coefficient (Wildman–Crippen LogP) is 4.07. The van der Waals surface area contributed by atoms with Crippen LogP contribution in [0.1, 0.15) is 35.7 Å². The van der Waals surface area contributed by atoms with Gasteiger partial charge in [-0.25, -0.2) is 8.42 Å². The molecule has 0 aromatic heterocycles. The molecule has 1 aliphatic heterocycles. The highest BCUT2D eigenvalue weighted by atomic mass is 79.9. The number of carbonyl (C=O) groups excluding carboxylic acids is 1. The topological polar surface area (TPSA) is 63.7 Å². The third-order valence-electron chi connectivity index (χ3n) is 4.76. The maximum absolute atomic E-state index is 13.3. The SMILES string of the molecule is CCCOc1ccc(CN(C(=O)c2ccccc2Br)C2CCS(=O)(=O)C2)cc1. The fourth-order valence-corrected chi connectivity index (χ4v) is 5.47. The summed E-state index contributed by atoms with van der Waals surface area (Å²) in [5.74, 6) is 0.765. The molecule has 1 saturated heterocycles. The summed E-state index contributed by atoms with van der Waals surface area (Å²) < 4.78 is 30.3. The summed E-state index contributed by atoms with van der Waals surface area (Å²) in [6, 6.07) is 14.5. The number of sulfone groups is 1. The molecule has 28 heavy (non-hydrogen) atoms. The molecule has 1 fully saturated rings. The Morgan fingerprint density at radius 2 is 1.89 bits per heavy atom. The minimum Gasteiger partial charge on any atom is -0.494 e. The monoisotopic (exact) mass is 465 g/mol. The van der Waals surface area contributed by atoms with Crippen LogP contribution in [0, 0.1) is 0 Å². The van der Waals surface area contributed by atoms with Gasteiger partial charge in [-0.2, -0.15) is 0 Å². The molecule has 7 heteroatoms. The van der Waals surface area contributed by atoms with Gasteiger partial charge in [0, 0.05) is 17.1 Å². The van der Waals surface area contributed by atoms with Crippen LogP contribution in [0.15, 0.2) is 53.0 Å². The van der Waals surface area contributed by atoms with Crippen molar-refractivity contribution in [2.75, 3.05) is 18.1 Å². The number of amides is 1. The standard InChI is InChI=1S/C21H24BrNO4S/c1-2-12-27-18-9-7-16(8-10-18)14-23(17-11-13-28(25,26)15-17)21(24)19-5-3-4-6-20(19)22/h3-10,17H,2,11-15H2,1H3. The zero-order valence-corrected chi connectivity index (χ0v) is 18.2. The number of hydrogen-bond donors (Lipinski definition) is 0. The zero-order valence-electron chi connectivity index (χ0n) is 15.8. The minimum atomic E-state index is -3.10. The summed E-state index contributed by atoms with van der Waals surface area (Å²) in [5, 5.41) is 0. The summed E-state index contributed by atoms with van der Waals surface area (Å²) >= 11 is 3.43. The van der Waals surface area contributed by atoms with Gasteiger partial charge in [0.05, 0.1) is 23.7 Å². The molecule has 1 unspecified atom stereocenters. The van der Waals surface area contributed by atoms with Crippen molar-refractivity contribution in [1.82, 2.24) is 4.90 Å². The number of ether oxygens (including phenoxy) is 1. The average Bonchev–Trinajstić information content (AvgIpc) is 3.04. The van der Waals surface area contributed by atoms with Crippen LogP contribution in [-0.4, -0.2) is 43.4 Å². The number of nitrogens with zero attached hydrogens (tertiary/aromatic N) is 1. The highest BCUT2D eigenvalue weighted by molar-refractivity contribution is 9.10. The predicted molar refractivity (Wildman–Crippen MR) is 113 cm³/mol. The second kappa shape index (κ2) is 9.09. The van der Waals surface area contributed by atoms with Crippen molar-refractivity contribution >= 4 is 31.7 Å². The Morgan fingerprint density at radius 3 is 2.50 bits per heavy atom. The highest BCUT2D eigenvalue weighted by Gasteiger charge is 2.35. The van der Waals surface area contributed by atoms with Gasteiger partial charge in [-0.15, -0.1) is 0 Å². The summed E-state index contributed by atoms with van der Waals surface area (Å²) in [7, 11) is -3.10. The van der Waals surface area contributed by atoms with Crippen molar-refractivity contribution in [2.45, 2.75) is 32.4 Å². The van der Waals surface area contributed by atoms with Crippen molar-refractivity contribution in [3.63, 3.8) is 0 Å². The number of rotatable bonds is 7. The molecule has 0 saturated carbocycles. The van der Waals surface area contributed by atoms with E-state index in [0.29, 0.717) is 29.6 Å². The number of carbonyl (C=O) groups is 1. The van der Waals surface area contributed by atoms with Gasteiger partial charge in [0.2, 0.25) is 0 Å². The maximum atomic E-state index is 13.3. The van der Waals surface area contributed by atoms with Crippen molar-refractivity contribution in [3.8, 4) is 5.75 Å². The first-order valence-electron chi connectivity index (χ1n) is 9.37. The van der Waals surface area contributed by atoms with E-state index in [1.807, 2.05) is 36.4 Å². The van der Waals surface area contributed by atoms with Crippen LogP contribution in [0.2, 0.25) is 0 Å². The number of benzene rings is 2. The average molecular weight is 466 g/mol. The minimum absolute atomic E-state index is 0.0148. The van der Waals surface area contributed by atoms with E-state index in [0.717, 1.165) is 17.7 Å². The molecule has 0 spiro atoms. The van der Waals surface area contributed by atoms with Crippen molar-refractivity contribution in [1.29, 1.82) is 0 Å². The first-order valence-corrected chi connectivity index (χ1v) is 12.0. The van der Waals surface area contributed by atoms with Gasteiger partial charge in [-0.3, -0.25) is 4.79 Å². The molecule has 3 rings (SSSR count). The van der Waals surface area contributed by atoms with Gasteiger partial charge in [0.25, 0.3) is 5.91 Å². The molecule has 0 N–H and O–H groups in total. The van der Waals surface area contributed by atoms with E-state index in [2.05, 4.69) is 22.9 Å². The molecule has 1 atom stereocenters. The van der Waals surface area contributed by atoms with Crippen LogP contribution in [-0.2, 0) is 16.4 Å². The highest BCUT2D eigenvalue weighted by Crippen LogP contribution is 2.26. The lowest BCUT2D eigenvalue weighted by atomic mass is 10.1. The maximum Gasteiger partial charge on any atom is 0.255 e. The third kappa shape index (κ3) is 5.14. The summed E-state index contributed by atoms with van der Waals surface area (Å²) in [4.78, 5) is 14.9. The Hall–Kier alpha value is -1.86. The first kappa shape index (κ1) is 20.9. The van der Waals surface area contributed by atoms with Gasteiger partial charge in [-0.05, 0) is 58.6 Å². The summed E-state index contributed by atoms with van der Waals surface area (Å²) in [5.41, 5.74) is 1.48. The molecular formula is C21H24BrNO4S. The lowest BCUT2D eigenvalue weighted by molar-refractivity contribution is 0.0680. The van der Waals surface area contributed by atoms with E-state index in [1.165, 1.54) is 0 Å². The van der Waals surface area contributed by atoms with Crippen LogP contribution >= 0.6 is 15.9 Å². The van der Waals surface area contributed by atoms with Gasteiger partial charge in [-0.1, -0.05) is 31.2 Å². The Labute approximate surface area is 174 Å². The smallest absolute Gasteiger partial charge is 0.255 e. The van der Waals surface area contributed by atoms with E-state index in [9.17, 15) is 13.2 Å². The molecule has 5 nitrogen and oxygen atoms in total. The van der Waals surface area contributed by atoms with Crippen molar-refractivity contribution < 1.29 is 17.9 Å². The van der Waals surface area contributed by atoms with Crippen molar-refractivity contribution in [2.24, 2.45) is 0 Å². The molecular weight excluding hydrogens is 442 g/mol. The fraction of sp³-hybridized carbons (Fsp3) is 0.381. The Balaban J connectivity index is 1.84. The molecule has 0 radical (unpaired) electrons. The Morgan fingerprint density at radius 1 is 1.18 bits per heavy atom. The first-order chi connectivity index (χ1) is 13.4.